The Morgan fingerprint density at radius 1 is 1.41 bits per heavy atom. The number of carbonyl (C=O) groups excluding carboxylic acids is 1. The lowest BCUT2D eigenvalue weighted by Gasteiger charge is -2.29. The first-order chi connectivity index (χ1) is 10.8. The number of ether oxygens (including phenoxy) is 1. The Morgan fingerprint density at radius 3 is 3.00 bits per heavy atom. The first-order valence-electron chi connectivity index (χ1n) is 7.45. The molecule has 3 rings (SSSR count). The van der Waals surface area contributed by atoms with E-state index in [0.717, 1.165) is 36.0 Å². The second-order valence-corrected chi connectivity index (χ2v) is 6.25. The summed E-state index contributed by atoms with van der Waals surface area (Å²) in [6.07, 6.45) is 4.74. The fraction of sp³-hybridized carbons (Fsp3) is 0.533. The van der Waals surface area contributed by atoms with Crippen molar-refractivity contribution in [3.63, 3.8) is 0 Å². The van der Waals surface area contributed by atoms with E-state index < -0.39 is 0 Å². The van der Waals surface area contributed by atoms with Crippen LogP contribution in [0, 0.1) is 0 Å². The van der Waals surface area contributed by atoms with E-state index in [4.69, 9.17) is 4.74 Å². The number of anilines is 1. The highest BCUT2D eigenvalue weighted by Gasteiger charge is 2.17. The summed E-state index contributed by atoms with van der Waals surface area (Å²) < 4.78 is 7.24. The van der Waals surface area contributed by atoms with Crippen LogP contribution in [0.25, 0.3) is 5.65 Å². The van der Waals surface area contributed by atoms with Gasteiger partial charge in [0.1, 0.15) is 11.6 Å². The summed E-state index contributed by atoms with van der Waals surface area (Å²) in [5.41, 5.74) is 1.61. The predicted molar refractivity (Wildman–Crippen MR) is 87.7 cm³/mol. The van der Waals surface area contributed by atoms with Gasteiger partial charge in [0.15, 0.2) is 5.65 Å². The number of hydrogen-bond donors (Lipinski definition) is 0. The normalized spacial score (nSPS) is 15.4. The third-order valence-corrected chi connectivity index (χ3v) is 4.30. The number of morpholine rings is 1. The zero-order valence-corrected chi connectivity index (χ0v) is 13.5. The molecule has 0 amide bonds. The van der Waals surface area contributed by atoms with Crippen LogP contribution in [-0.2, 0) is 16.0 Å². The van der Waals surface area contributed by atoms with Crippen molar-refractivity contribution in [1.82, 2.24) is 14.6 Å². The summed E-state index contributed by atoms with van der Waals surface area (Å²) >= 11 is 1.69. The lowest BCUT2D eigenvalue weighted by atomic mass is 10.1. The van der Waals surface area contributed by atoms with Crippen molar-refractivity contribution < 1.29 is 9.53 Å². The van der Waals surface area contributed by atoms with Crippen molar-refractivity contribution in [3.8, 4) is 0 Å². The minimum absolute atomic E-state index is 0.235. The SMILES string of the molecule is CSCCC(=O)Cc1cc(N2CCOCC2)n2nccc2n1. The molecule has 22 heavy (non-hydrogen) atoms. The molecule has 7 heteroatoms. The van der Waals surface area contributed by atoms with Crippen molar-refractivity contribution in [3.05, 3.63) is 24.0 Å². The molecule has 1 fully saturated rings. The first-order valence-corrected chi connectivity index (χ1v) is 8.84. The van der Waals surface area contributed by atoms with Gasteiger partial charge in [-0.05, 0) is 12.0 Å². The van der Waals surface area contributed by atoms with Gasteiger partial charge in [-0.1, -0.05) is 0 Å². The summed E-state index contributed by atoms with van der Waals surface area (Å²) in [6, 6.07) is 3.86. The Morgan fingerprint density at radius 2 is 2.23 bits per heavy atom. The molecular formula is C15H20N4O2S. The third kappa shape index (κ3) is 3.41. The highest BCUT2D eigenvalue weighted by atomic mass is 32.2. The second-order valence-electron chi connectivity index (χ2n) is 5.26. The third-order valence-electron chi connectivity index (χ3n) is 3.69. The van der Waals surface area contributed by atoms with Gasteiger partial charge < -0.3 is 9.64 Å². The summed E-state index contributed by atoms with van der Waals surface area (Å²) in [5, 5.41) is 4.35. The maximum Gasteiger partial charge on any atom is 0.157 e. The van der Waals surface area contributed by atoms with Gasteiger partial charge in [0.25, 0.3) is 0 Å². The molecule has 6 nitrogen and oxygen atoms in total. The van der Waals surface area contributed by atoms with Crippen LogP contribution < -0.4 is 4.90 Å². The maximum atomic E-state index is 12.0. The second kappa shape index (κ2) is 7.11. The Hall–Kier alpha value is -1.60. The highest BCUT2D eigenvalue weighted by molar-refractivity contribution is 7.98. The van der Waals surface area contributed by atoms with Crippen molar-refractivity contribution in [2.24, 2.45) is 0 Å². The van der Waals surface area contributed by atoms with Gasteiger partial charge in [-0.15, -0.1) is 0 Å². The minimum atomic E-state index is 0.235. The number of hydrogen-bond acceptors (Lipinski definition) is 6. The van der Waals surface area contributed by atoms with Crippen molar-refractivity contribution in [2.45, 2.75) is 12.8 Å². The smallest absolute Gasteiger partial charge is 0.157 e. The van der Waals surface area contributed by atoms with Gasteiger partial charge in [-0.3, -0.25) is 4.79 Å². The van der Waals surface area contributed by atoms with Crippen LogP contribution in [0.2, 0.25) is 0 Å². The van der Waals surface area contributed by atoms with Crippen LogP contribution in [0.3, 0.4) is 0 Å². The molecule has 2 aromatic rings. The van der Waals surface area contributed by atoms with Crippen LogP contribution in [0.15, 0.2) is 18.3 Å². The fourth-order valence-corrected chi connectivity index (χ4v) is 2.99. The van der Waals surface area contributed by atoms with Crippen molar-refractivity contribution >= 4 is 29.0 Å². The molecule has 1 aliphatic rings. The molecular weight excluding hydrogens is 300 g/mol. The molecule has 0 radical (unpaired) electrons. The molecule has 0 aliphatic carbocycles. The highest BCUT2D eigenvalue weighted by Crippen LogP contribution is 2.19. The summed E-state index contributed by atoms with van der Waals surface area (Å²) in [6.45, 7) is 3.10. The number of aromatic nitrogens is 3. The Bertz CT molecular complexity index is 652. The van der Waals surface area contributed by atoms with Gasteiger partial charge in [-0.25, -0.2) is 4.98 Å². The molecule has 0 spiro atoms. The Labute approximate surface area is 133 Å². The zero-order chi connectivity index (χ0) is 15.4. The molecule has 0 saturated carbocycles. The number of Topliss-reactive ketones (excluding diaryl/α,β-unsaturated/α-hetero) is 1. The number of rotatable bonds is 6. The topological polar surface area (TPSA) is 59.7 Å². The Balaban J connectivity index is 1.86. The van der Waals surface area contributed by atoms with Crippen LogP contribution >= 0.6 is 11.8 Å². The van der Waals surface area contributed by atoms with E-state index in [0.29, 0.717) is 26.1 Å². The molecule has 1 saturated heterocycles. The number of thioether (sulfide) groups is 1. The molecule has 0 unspecified atom stereocenters. The fourth-order valence-electron chi connectivity index (χ4n) is 2.56. The zero-order valence-electron chi connectivity index (χ0n) is 12.7. The van der Waals surface area contributed by atoms with E-state index in [-0.39, 0.29) is 5.78 Å². The van der Waals surface area contributed by atoms with E-state index in [1.54, 1.807) is 18.0 Å². The average Bonchev–Trinajstić information content (AvgIpc) is 3.01. The summed E-state index contributed by atoms with van der Waals surface area (Å²) in [5.74, 6) is 2.09. The summed E-state index contributed by atoms with van der Waals surface area (Å²) in [7, 11) is 0. The van der Waals surface area contributed by atoms with E-state index >= 15 is 0 Å². The van der Waals surface area contributed by atoms with Crippen molar-refractivity contribution in [2.75, 3.05) is 43.2 Å². The minimum Gasteiger partial charge on any atom is -0.378 e. The van der Waals surface area contributed by atoms with E-state index in [9.17, 15) is 4.79 Å². The predicted octanol–water partition coefficient (Wildman–Crippen LogP) is 1.43. The molecule has 118 valence electrons. The molecule has 0 atom stereocenters. The van der Waals surface area contributed by atoms with Crippen LogP contribution in [0.1, 0.15) is 12.1 Å². The van der Waals surface area contributed by atoms with E-state index in [2.05, 4.69) is 15.0 Å². The van der Waals surface area contributed by atoms with Gasteiger partial charge in [-0.2, -0.15) is 21.4 Å². The molecule has 2 aromatic heterocycles. The van der Waals surface area contributed by atoms with Crippen LogP contribution in [0.5, 0.6) is 0 Å². The van der Waals surface area contributed by atoms with Crippen LogP contribution in [-0.4, -0.2) is 58.7 Å². The molecule has 0 aromatic carbocycles. The monoisotopic (exact) mass is 320 g/mol. The number of fused-ring (bicyclic) bond motifs is 1. The molecule has 0 N–H and O–H groups in total. The van der Waals surface area contributed by atoms with E-state index in [1.165, 1.54) is 0 Å². The first kappa shape index (κ1) is 15.3. The van der Waals surface area contributed by atoms with Gasteiger partial charge in [0, 0.05) is 38.1 Å². The largest absolute Gasteiger partial charge is 0.378 e. The van der Waals surface area contributed by atoms with Gasteiger partial charge in [0.2, 0.25) is 0 Å². The van der Waals surface area contributed by atoms with Gasteiger partial charge >= 0.3 is 0 Å². The number of ketones is 1. The van der Waals surface area contributed by atoms with Crippen LogP contribution in [0.4, 0.5) is 5.82 Å². The molecule has 1 aliphatic heterocycles. The molecule has 0 bridgehead atoms. The standard InChI is InChI=1S/C15H20N4O2S/c1-22-9-3-13(20)10-12-11-15(18-5-7-21-8-6-18)19-14(17-12)2-4-16-19/h2,4,11H,3,5-10H2,1H3. The van der Waals surface area contributed by atoms with Crippen molar-refractivity contribution in [1.29, 1.82) is 0 Å². The average molecular weight is 320 g/mol. The molecule has 3 heterocycles. The maximum absolute atomic E-state index is 12.0. The summed E-state index contributed by atoms with van der Waals surface area (Å²) in [4.78, 5) is 18.8. The Kier molecular flexibility index (Phi) is 4.94. The number of carbonyl (C=O) groups is 1. The van der Waals surface area contributed by atoms with E-state index in [1.807, 2.05) is 22.9 Å². The lowest BCUT2D eigenvalue weighted by molar-refractivity contribution is -0.118. The lowest BCUT2D eigenvalue weighted by Crippen LogP contribution is -2.37. The number of nitrogens with zero attached hydrogens (tertiary/aromatic N) is 4. The van der Waals surface area contributed by atoms with Gasteiger partial charge in [0.05, 0.1) is 25.1 Å². The quantitative estimate of drug-likeness (QED) is 0.802.